The number of benzene rings is 2. The standard InChI is InChI=1S/C20H22N4O2/c1-25-18-9-8-15(10-19(18)26-2)16-11-20(23-13-22-16)24-17(12-21)14-6-4-3-5-7-14/h3-11,13,17H,12,21H2,1-2H3,(H,22,23,24)/t17-/m0/s1. The van der Waals surface area contributed by atoms with Gasteiger partial charge in [0.15, 0.2) is 11.5 Å². The molecule has 1 atom stereocenters. The molecular weight excluding hydrogens is 328 g/mol. The molecule has 0 spiro atoms. The Balaban J connectivity index is 1.86. The Morgan fingerprint density at radius 3 is 2.42 bits per heavy atom. The van der Waals surface area contributed by atoms with Gasteiger partial charge in [-0.2, -0.15) is 0 Å². The highest BCUT2D eigenvalue weighted by molar-refractivity contribution is 5.66. The molecule has 0 radical (unpaired) electrons. The molecule has 0 aliphatic rings. The lowest BCUT2D eigenvalue weighted by Gasteiger charge is -2.18. The minimum Gasteiger partial charge on any atom is -0.493 e. The molecule has 1 heterocycles. The van der Waals surface area contributed by atoms with Crippen LogP contribution < -0.4 is 20.5 Å². The Morgan fingerprint density at radius 1 is 0.962 bits per heavy atom. The third-order valence-electron chi connectivity index (χ3n) is 4.11. The summed E-state index contributed by atoms with van der Waals surface area (Å²) in [5.74, 6) is 2.04. The van der Waals surface area contributed by atoms with Gasteiger partial charge in [-0.1, -0.05) is 30.3 Å². The monoisotopic (exact) mass is 350 g/mol. The van der Waals surface area contributed by atoms with E-state index in [1.807, 2.05) is 54.6 Å². The van der Waals surface area contributed by atoms with E-state index in [9.17, 15) is 0 Å². The minimum atomic E-state index is -0.0237. The van der Waals surface area contributed by atoms with E-state index < -0.39 is 0 Å². The number of nitrogens with one attached hydrogen (secondary N) is 1. The zero-order chi connectivity index (χ0) is 18.4. The number of nitrogens with zero attached hydrogens (tertiary/aromatic N) is 2. The highest BCUT2D eigenvalue weighted by Gasteiger charge is 2.12. The van der Waals surface area contributed by atoms with Gasteiger partial charge >= 0.3 is 0 Å². The molecule has 0 saturated heterocycles. The molecular formula is C20H22N4O2. The molecule has 6 nitrogen and oxygen atoms in total. The van der Waals surface area contributed by atoms with Crippen LogP contribution in [0.1, 0.15) is 11.6 Å². The lowest BCUT2D eigenvalue weighted by molar-refractivity contribution is 0.355. The number of anilines is 1. The second-order valence-corrected chi connectivity index (χ2v) is 5.70. The lowest BCUT2D eigenvalue weighted by Crippen LogP contribution is -2.21. The number of aromatic nitrogens is 2. The predicted molar refractivity (Wildman–Crippen MR) is 102 cm³/mol. The van der Waals surface area contributed by atoms with E-state index >= 15 is 0 Å². The Bertz CT molecular complexity index is 855. The predicted octanol–water partition coefficient (Wildman–Crippen LogP) is 3.27. The third kappa shape index (κ3) is 3.92. The fraction of sp³-hybridized carbons (Fsp3) is 0.200. The van der Waals surface area contributed by atoms with Crippen molar-refractivity contribution in [1.82, 2.24) is 9.97 Å². The quantitative estimate of drug-likeness (QED) is 0.680. The fourth-order valence-corrected chi connectivity index (χ4v) is 2.73. The van der Waals surface area contributed by atoms with E-state index in [1.165, 1.54) is 6.33 Å². The van der Waals surface area contributed by atoms with Gasteiger partial charge in [-0.15, -0.1) is 0 Å². The van der Waals surface area contributed by atoms with E-state index in [-0.39, 0.29) is 6.04 Å². The number of ether oxygens (including phenoxy) is 2. The van der Waals surface area contributed by atoms with Crippen molar-refractivity contribution in [2.45, 2.75) is 6.04 Å². The second kappa shape index (κ2) is 8.31. The van der Waals surface area contributed by atoms with Crippen LogP contribution >= 0.6 is 0 Å². The Hall–Kier alpha value is -3.12. The van der Waals surface area contributed by atoms with Crippen molar-refractivity contribution in [3.05, 3.63) is 66.5 Å². The summed E-state index contributed by atoms with van der Waals surface area (Å²) in [7, 11) is 3.22. The maximum absolute atomic E-state index is 5.94. The second-order valence-electron chi connectivity index (χ2n) is 5.70. The van der Waals surface area contributed by atoms with Crippen LogP contribution in [0.4, 0.5) is 5.82 Å². The molecule has 0 fully saturated rings. The molecule has 0 aliphatic heterocycles. The topological polar surface area (TPSA) is 82.3 Å². The molecule has 3 rings (SSSR count). The number of hydrogen-bond donors (Lipinski definition) is 2. The van der Waals surface area contributed by atoms with Gasteiger partial charge in [-0.05, 0) is 23.8 Å². The Kier molecular flexibility index (Phi) is 5.66. The first-order valence-corrected chi connectivity index (χ1v) is 8.31. The molecule has 3 aromatic rings. The van der Waals surface area contributed by atoms with Crippen molar-refractivity contribution in [2.24, 2.45) is 5.73 Å². The molecule has 0 saturated carbocycles. The highest BCUT2D eigenvalue weighted by Crippen LogP contribution is 2.32. The van der Waals surface area contributed by atoms with Crippen LogP contribution in [-0.4, -0.2) is 30.7 Å². The molecule has 0 unspecified atom stereocenters. The maximum Gasteiger partial charge on any atom is 0.161 e. The first-order valence-electron chi connectivity index (χ1n) is 8.31. The first kappa shape index (κ1) is 17.7. The Morgan fingerprint density at radius 2 is 1.73 bits per heavy atom. The summed E-state index contributed by atoms with van der Waals surface area (Å²) in [6.45, 7) is 0.458. The van der Waals surface area contributed by atoms with E-state index in [1.54, 1.807) is 14.2 Å². The van der Waals surface area contributed by atoms with Gasteiger partial charge in [0.1, 0.15) is 12.1 Å². The van der Waals surface area contributed by atoms with Crippen LogP contribution in [0.3, 0.4) is 0 Å². The summed E-state index contributed by atoms with van der Waals surface area (Å²) in [5, 5.41) is 3.37. The van der Waals surface area contributed by atoms with Crippen LogP contribution in [-0.2, 0) is 0 Å². The van der Waals surface area contributed by atoms with E-state index in [4.69, 9.17) is 15.2 Å². The van der Waals surface area contributed by atoms with Gasteiger partial charge in [0.05, 0.1) is 26.0 Å². The summed E-state index contributed by atoms with van der Waals surface area (Å²) in [4.78, 5) is 8.69. The molecule has 0 amide bonds. The van der Waals surface area contributed by atoms with Gasteiger partial charge in [-0.25, -0.2) is 9.97 Å². The van der Waals surface area contributed by atoms with Gasteiger partial charge in [0.25, 0.3) is 0 Å². The molecule has 0 aliphatic carbocycles. The highest BCUT2D eigenvalue weighted by atomic mass is 16.5. The maximum atomic E-state index is 5.94. The first-order chi connectivity index (χ1) is 12.7. The zero-order valence-electron chi connectivity index (χ0n) is 14.8. The normalized spacial score (nSPS) is 11.7. The third-order valence-corrected chi connectivity index (χ3v) is 4.11. The van der Waals surface area contributed by atoms with Crippen LogP contribution in [0.15, 0.2) is 60.9 Å². The molecule has 1 aromatic heterocycles. The van der Waals surface area contributed by atoms with E-state index in [2.05, 4.69) is 15.3 Å². The number of methoxy groups -OCH3 is 2. The van der Waals surface area contributed by atoms with Crippen molar-refractivity contribution >= 4 is 5.82 Å². The minimum absolute atomic E-state index is 0.0237. The van der Waals surface area contributed by atoms with Gasteiger partial charge in [0, 0.05) is 18.2 Å². The smallest absolute Gasteiger partial charge is 0.161 e. The molecule has 3 N–H and O–H groups in total. The number of hydrogen-bond acceptors (Lipinski definition) is 6. The summed E-state index contributed by atoms with van der Waals surface area (Å²) in [6, 6.07) is 17.6. The summed E-state index contributed by atoms with van der Waals surface area (Å²) >= 11 is 0. The summed E-state index contributed by atoms with van der Waals surface area (Å²) < 4.78 is 10.7. The van der Waals surface area contributed by atoms with Crippen molar-refractivity contribution < 1.29 is 9.47 Å². The fourth-order valence-electron chi connectivity index (χ4n) is 2.73. The molecule has 2 aromatic carbocycles. The SMILES string of the molecule is COc1ccc(-c2cc(N[C@@H](CN)c3ccccc3)ncn2)cc1OC. The van der Waals surface area contributed by atoms with Crippen molar-refractivity contribution in [1.29, 1.82) is 0 Å². The average Bonchev–Trinajstić information content (AvgIpc) is 2.72. The van der Waals surface area contributed by atoms with Gasteiger partial charge in [0.2, 0.25) is 0 Å². The van der Waals surface area contributed by atoms with Crippen LogP contribution in [0.25, 0.3) is 11.3 Å². The number of rotatable bonds is 7. The molecule has 6 heteroatoms. The van der Waals surface area contributed by atoms with Crippen molar-refractivity contribution in [3.63, 3.8) is 0 Å². The van der Waals surface area contributed by atoms with Gasteiger partial charge < -0.3 is 20.5 Å². The molecule has 26 heavy (non-hydrogen) atoms. The van der Waals surface area contributed by atoms with Crippen LogP contribution in [0.2, 0.25) is 0 Å². The van der Waals surface area contributed by atoms with Gasteiger partial charge in [-0.3, -0.25) is 0 Å². The lowest BCUT2D eigenvalue weighted by atomic mass is 10.1. The summed E-state index contributed by atoms with van der Waals surface area (Å²) in [6.07, 6.45) is 1.53. The van der Waals surface area contributed by atoms with Crippen molar-refractivity contribution in [2.75, 3.05) is 26.1 Å². The molecule has 134 valence electrons. The van der Waals surface area contributed by atoms with Crippen LogP contribution in [0.5, 0.6) is 11.5 Å². The largest absolute Gasteiger partial charge is 0.493 e. The van der Waals surface area contributed by atoms with E-state index in [0.717, 1.165) is 16.8 Å². The van der Waals surface area contributed by atoms with Crippen LogP contribution in [0, 0.1) is 0 Å². The van der Waals surface area contributed by atoms with Crippen molar-refractivity contribution in [3.8, 4) is 22.8 Å². The molecule has 0 bridgehead atoms. The van der Waals surface area contributed by atoms with E-state index in [0.29, 0.717) is 23.9 Å². The summed E-state index contributed by atoms with van der Waals surface area (Å²) in [5.41, 5.74) is 8.75. The number of nitrogens with two attached hydrogens (primary N) is 1. The Labute approximate surface area is 153 Å². The average molecular weight is 350 g/mol. The zero-order valence-corrected chi connectivity index (χ0v) is 14.8.